The van der Waals surface area contributed by atoms with Gasteiger partial charge in [-0.1, -0.05) is 0 Å². The Labute approximate surface area is 102 Å². The number of nitrogens with one attached hydrogen (secondary N) is 1. The van der Waals surface area contributed by atoms with Crippen molar-refractivity contribution in [2.45, 2.75) is 39.0 Å². The van der Waals surface area contributed by atoms with Gasteiger partial charge in [0.25, 0.3) is 0 Å². The Balaban J connectivity index is 2.17. The van der Waals surface area contributed by atoms with Gasteiger partial charge < -0.3 is 10.2 Å². The standard InChI is InChI=1S/C12H20N4O/c1-2-17-8-7-11-14-10-6-4-3-5-9(10)12(15-11)16-13/h2-8,13H2,1H3,(H,14,15,16). The maximum Gasteiger partial charge on any atom is 0.147 e. The number of nitrogens with two attached hydrogens (primary N) is 1. The van der Waals surface area contributed by atoms with E-state index in [-0.39, 0.29) is 0 Å². The molecular weight excluding hydrogens is 216 g/mol. The van der Waals surface area contributed by atoms with E-state index in [0.717, 1.165) is 43.2 Å². The first-order valence-corrected chi connectivity index (χ1v) is 6.28. The number of hydrazine groups is 1. The quantitative estimate of drug-likeness (QED) is 0.457. The third kappa shape index (κ3) is 2.92. The fourth-order valence-corrected chi connectivity index (χ4v) is 2.18. The Hall–Kier alpha value is -1.20. The molecule has 1 aliphatic carbocycles. The summed E-state index contributed by atoms with van der Waals surface area (Å²) in [6.45, 7) is 3.38. The number of hydrogen-bond donors (Lipinski definition) is 2. The SMILES string of the molecule is CCOCCc1nc2c(c(NN)n1)CCCC2. The lowest BCUT2D eigenvalue weighted by Crippen LogP contribution is -2.18. The zero-order valence-electron chi connectivity index (χ0n) is 10.3. The molecule has 17 heavy (non-hydrogen) atoms. The Morgan fingerprint density at radius 2 is 2.12 bits per heavy atom. The number of fused-ring (bicyclic) bond motifs is 1. The molecule has 0 saturated carbocycles. The summed E-state index contributed by atoms with van der Waals surface area (Å²) in [6, 6.07) is 0. The van der Waals surface area contributed by atoms with E-state index < -0.39 is 0 Å². The van der Waals surface area contributed by atoms with Crippen molar-refractivity contribution in [3.05, 3.63) is 17.1 Å². The van der Waals surface area contributed by atoms with Crippen molar-refractivity contribution < 1.29 is 4.74 Å². The maximum absolute atomic E-state index is 5.53. The Morgan fingerprint density at radius 1 is 1.29 bits per heavy atom. The second-order valence-electron chi connectivity index (χ2n) is 4.21. The van der Waals surface area contributed by atoms with Crippen molar-refractivity contribution in [1.29, 1.82) is 0 Å². The van der Waals surface area contributed by atoms with Crippen molar-refractivity contribution in [3.63, 3.8) is 0 Å². The summed E-state index contributed by atoms with van der Waals surface area (Å²) in [4.78, 5) is 9.06. The second-order valence-corrected chi connectivity index (χ2v) is 4.21. The summed E-state index contributed by atoms with van der Waals surface area (Å²) in [5, 5.41) is 0. The predicted octanol–water partition coefficient (Wildman–Crippen LogP) is 1.22. The molecule has 94 valence electrons. The fraction of sp³-hybridized carbons (Fsp3) is 0.667. The molecule has 5 nitrogen and oxygen atoms in total. The Bertz CT molecular complexity index is 364. The summed E-state index contributed by atoms with van der Waals surface area (Å²) in [5.74, 6) is 7.14. The van der Waals surface area contributed by atoms with Crippen LogP contribution in [0.5, 0.6) is 0 Å². The van der Waals surface area contributed by atoms with Crippen molar-refractivity contribution in [2.75, 3.05) is 18.6 Å². The summed E-state index contributed by atoms with van der Waals surface area (Å²) >= 11 is 0. The summed E-state index contributed by atoms with van der Waals surface area (Å²) in [7, 11) is 0. The highest BCUT2D eigenvalue weighted by atomic mass is 16.5. The van der Waals surface area contributed by atoms with Crippen LogP contribution in [0, 0.1) is 0 Å². The summed E-state index contributed by atoms with van der Waals surface area (Å²) < 4.78 is 5.32. The number of aryl methyl sites for hydroxylation is 1. The molecule has 0 amide bonds. The highest BCUT2D eigenvalue weighted by Gasteiger charge is 2.16. The molecule has 3 N–H and O–H groups in total. The van der Waals surface area contributed by atoms with Gasteiger partial charge in [-0.3, -0.25) is 0 Å². The number of rotatable bonds is 5. The lowest BCUT2D eigenvalue weighted by atomic mass is 9.96. The number of hydrogen-bond acceptors (Lipinski definition) is 5. The van der Waals surface area contributed by atoms with Crippen LogP contribution in [0.3, 0.4) is 0 Å². The second kappa shape index (κ2) is 5.93. The zero-order chi connectivity index (χ0) is 12.1. The summed E-state index contributed by atoms with van der Waals surface area (Å²) in [6.07, 6.45) is 5.22. The highest BCUT2D eigenvalue weighted by molar-refractivity contribution is 5.46. The fourth-order valence-electron chi connectivity index (χ4n) is 2.18. The average Bonchev–Trinajstić information content (AvgIpc) is 2.38. The molecule has 0 aliphatic heterocycles. The topological polar surface area (TPSA) is 73.1 Å². The first kappa shape index (κ1) is 12.3. The van der Waals surface area contributed by atoms with E-state index in [1.165, 1.54) is 18.4 Å². The van der Waals surface area contributed by atoms with Crippen LogP contribution >= 0.6 is 0 Å². The normalized spacial score (nSPS) is 14.5. The van der Waals surface area contributed by atoms with E-state index in [4.69, 9.17) is 10.6 Å². The largest absolute Gasteiger partial charge is 0.381 e. The molecule has 5 heteroatoms. The van der Waals surface area contributed by atoms with Gasteiger partial charge in [0.1, 0.15) is 11.6 Å². The molecule has 1 heterocycles. The lowest BCUT2D eigenvalue weighted by Gasteiger charge is -2.18. The maximum atomic E-state index is 5.53. The van der Waals surface area contributed by atoms with Gasteiger partial charge in [-0.25, -0.2) is 15.8 Å². The average molecular weight is 236 g/mol. The smallest absolute Gasteiger partial charge is 0.147 e. The number of anilines is 1. The monoisotopic (exact) mass is 236 g/mol. The molecule has 0 fully saturated rings. The predicted molar refractivity (Wildman–Crippen MR) is 66.7 cm³/mol. The van der Waals surface area contributed by atoms with Crippen LogP contribution in [-0.4, -0.2) is 23.2 Å². The molecule has 0 unspecified atom stereocenters. The highest BCUT2D eigenvalue weighted by Crippen LogP contribution is 2.24. The van der Waals surface area contributed by atoms with Crippen molar-refractivity contribution in [2.24, 2.45) is 5.84 Å². The van der Waals surface area contributed by atoms with Gasteiger partial charge in [-0.05, 0) is 32.6 Å². The number of aromatic nitrogens is 2. The van der Waals surface area contributed by atoms with Gasteiger partial charge in [-0.2, -0.15) is 0 Å². The van der Waals surface area contributed by atoms with Gasteiger partial charge in [0.15, 0.2) is 0 Å². The van der Waals surface area contributed by atoms with E-state index in [9.17, 15) is 0 Å². The molecule has 2 rings (SSSR count). The number of nitrogens with zero attached hydrogens (tertiary/aromatic N) is 2. The van der Waals surface area contributed by atoms with Crippen LogP contribution in [0.15, 0.2) is 0 Å². The number of nitrogen functional groups attached to an aromatic ring is 1. The van der Waals surface area contributed by atoms with Gasteiger partial charge >= 0.3 is 0 Å². The van der Waals surface area contributed by atoms with Gasteiger partial charge in [0.2, 0.25) is 0 Å². The third-order valence-corrected chi connectivity index (χ3v) is 3.04. The van der Waals surface area contributed by atoms with E-state index in [1.807, 2.05) is 6.92 Å². The Kier molecular flexibility index (Phi) is 4.28. The molecule has 0 spiro atoms. The molecule has 0 saturated heterocycles. The van der Waals surface area contributed by atoms with Crippen LogP contribution in [0.4, 0.5) is 5.82 Å². The molecule has 1 aromatic heterocycles. The van der Waals surface area contributed by atoms with E-state index in [2.05, 4.69) is 15.4 Å². The molecular formula is C12H20N4O. The van der Waals surface area contributed by atoms with Crippen molar-refractivity contribution in [3.8, 4) is 0 Å². The Morgan fingerprint density at radius 3 is 2.88 bits per heavy atom. The first-order valence-electron chi connectivity index (χ1n) is 6.28. The first-order chi connectivity index (χ1) is 8.35. The van der Waals surface area contributed by atoms with Crippen LogP contribution in [0.25, 0.3) is 0 Å². The minimum absolute atomic E-state index is 0.666. The minimum Gasteiger partial charge on any atom is -0.381 e. The van der Waals surface area contributed by atoms with Crippen LogP contribution in [0.2, 0.25) is 0 Å². The van der Waals surface area contributed by atoms with Crippen LogP contribution in [-0.2, 0) is 24.0 Å². The van der Waals surface area contributed by atoms with Crippen molar-refractivity contribution >= 4 is 5.82 Å². The van der Waals surface area contributed by atoms with Gasteiger partial charge in [0.05, 0.1) is 6.61 Å². The summed E-state index contributed by atoms with van der Waals surface area (Å²) in [5.41, 5.74) is 5.05. The molecule has 0 aromatic carbocycles. The minimum atomic E-state index is 0.666. The third-order valence-electron chi connectivity index (χ3n) is 3.04. The molecule has 0 atom stereocenters. The van der Waals surface area contributed by atoms with E-state index in [0.29, 0.717) is 6.61 Å². The molecule has 0 bridgehead atoms. The van der Waals surface area contributed by atoms with Gasteiger partial charge in [-0.15, -0.1) is 0 Å². The van der Waals surface area contributed by atoms with Crippen LogP contribution in [0.1, 0.15) is 36.8 Å². The number of ether oxygens (including phenoxy) is 1. The van der Waals surface area contributed by atoms with E-state index in [1.54, 1.807) is 0 Å². The lowest BCUT2D eigenvalue weighted by molar-refractivity contribution is 0.149. The van der Waals surface area contributed by atoms with E-state index >= 15 is 0 Å². The van der Waals surface area contributed by atoms with Gasteiger partial charge in [0, 0.05) is 24.3 Å². The molecule has 0 radical (unpaired) electrons. The molecule has 1 aliphatic rings. The van der Waals surface area contributed by atoms with Crippen molar-refractivity contribution in [1.82, 2.24) is 9.97 Å². The van der Waals surface area contributed by atoms with Crippen LogP contribution < -0.4 is 11.3 Å². The zero-order valence-corrected chi connectivity index (χ0v) is 10.3. The molecule has 1 aromatic rings.